The molecule has 0 bridgehead atoms. The molecule has 3 rings (SSSR count). The summed E-state index contributed by atoms with van der Waals surface area (Å²) in [6.45, 7) is 0. The fraction of sp³-hybridized carbons (Fsp3) is 0.0625. The quantitative estimate of drug-likeness (QED) is 0.525. The number of thioether (sulfide) groups is 1. The number of rotatable bonds is 4. The van der Waals surface area contributed by atoms with E-state index in [2.05, 4.69) is 30.3 Å². The van der Waals surface area contributed by atoms with Gasteiger partial charge in [0.25, 0.3) is 0 Å². The number of nitrogens with one attached hydrogen (secondary N) is 1. The Morgan fingerprint density at radius 2 is 1.74 bits per heavy atom. The summed E-state index contributed by atoms with van der Waals surface area (Å²) in [5, 5.41) is 9.39. The van der Waals surface area contributed by atoms with Gasteiger partial charge in [0.1, 0.15) is 0 Å². The van der Waals surface area contributed by atoms with E-state index in [9.17, 15) is 0 Å². The summed E-state index contributed by atoms with van der Waals surface area (Å²) in [5.74, 6) is 0.719. The third-order valence-corrected chi connectivity index (χ3v) is 5.23. The lowest BCUT2D eigenvalue weighted by molar-refractivity contribution is 1.46. The number of fused-ring (bicyclic) bond motifs is 1. The minimum absolute atomic E-state index is 0.683. The third kappa shape index (κ3) is 2.88. The van der Waals surface area contributed by atoms with Crippen LogP contribution in [0.25, 0.3) is 10.1 Å². The van der Waals surface area contributed by atoms with E-state index in [1.807, 2.05) is 30.3 Å². The standard InChI is InChI=1S/C16H13NS2/c17-14(12-6-2-1-3-7-12)11-18-16-10-13-8-4-5-9-15(13)19-16/h1-10,17H,11H2. The average Bonchev–Trinajstić information content (AvgIpc) is 2.88. The van der Waals surface area contributed by atoms with Gasteiger partial charge in [0.05, 0.1) is 4.21 Å². The van der Waals surface area contributed by atoms with Crippen LogP contribution in [-0.2, 0) is 0 Å². The van der Waals surface area contributed by atoms with Gasteiger partial charge in [0.2, 0.25) is 0 Å². The molecule has 0 fully saturated rings. The molecule has 0 saturated heterocycles. The fourth-order valence-electron chi connectivity index (χ4n) is 1.89. The normalized spacial score (nSPS) is 10.7. The summed E-state index contributed by atoms with van der Waals surface area (Å²) < 4.78 is 2.60. The van der Waals surface area contributed by atoms with Crippen LogP contribution in [0.15, 0.2) is 64.9 Å². The molecule has 0 radical (unpaired) electrons. The van der Waals surface area contributed by atoms with Crippen LogP contribution < -0.4 is 0 Å². The zero-order chi connectivity index (χ0) is 13.1. The van der Waals surface area contributed by atoms with E-state index in [4.69, 9.17) is 5.41 Å². The molecule has 94 valence electrons. The van der Waals surface area contributed by atoms with E-state index in [0.717, 1.165) is 11.3 Å². The largest absolute Gasteiger partial charge is 0.304 e. The molecule has 0 unspecified atom stereocenters. The predicted octanol–water partition coefficient (Wildman–Crippen LogP) is 5.06. The highest BCUT2D eigenvalue weighted by Crippen LogP contribution is 2.32. The van der Waals surface area contributed by atoms with E-state index < -0.39 is 0 Å². The lowest BCUT2D eigenvalue weighted by Gasteiger charge is -2.02. The molecule has 1 N–H and O–H groups in total. The van der Waals surface area contributed by atoms with Crippen LogP contribution >= 0.6 is 23.1 Å². The monoisotopic (exact) mass is 283 g/mol. The van der Waals surface area contributed by atoms with Gasteiger partial charge in [-0.3, -0.25) is 0 Å². The minimum Gasteiger partial charge on any atom is -0.304 e. The van der Waals surface area contributed by atoms with Gasteiger partial charge in [0.15, 0.2) is 0 Å². The molecule has 0 spiro atoms. The van der Waals surface area contributed by atoms with Crippen molar-refractivity contribution in [2.75, 3.05) is 5.75 Å². The Morgan fingerprint density at radius 1 is 1.00 bits per heavy atom. The fourth-order valence-corrected chi connectivity index (χ4v) is 4.03. The topological polar surface area (TPSA) is 23.9 Å². The first-order valence-corrected chi connectivity index (χ1v) is 7.87. The smallest absolute Gasteiger partial charge is 0.0614 e. The molecular weight excluding hydrogens is 270 g/mol. The summed E-state index contributed by atoms with van der Waals surface area (Å²) in [5.41, 5.74) is 1.69. The predicted molar refractivity (Wildman–Crippen MR) is 85.8 cm³/mol. The SMILES string of the molecule is N=C(CSc1cc2ccccc2s1)c1ccccc1. The molecule has 3 aromatic rings. The van der Waals surface area contributed by atoms with Gasteiger partial charge >= 0.3 is 0 Å². The highest BCUT2D eigenvalue weighted by molar-refractivity contribution is 8.01. The van der Waals surface area contributed by atoms with Gasteiger partial charge in [-0.25, -0.2) is 0 Å². The summed E-state index contributed by atoms with van der Waals surface area (Å²) in [6.07, 6.45) is 0. The maximum Gasteiger partial charge on any atom is 0.0614 e. The van der Waals surface area contributed by atoms with Crippen molar-refractivity contribution in [2.45, 2.75) is 4.21 Å². The first kappa shape index (κ1) is 12.5. The number of benzene rings is 2. The van der Waals surface area contributed by atoms with Gasteiger partial charge in [-0.15, -0.1) is 23.1 Å². The lowest BCUT2D eigenvalue weighted by Crippen LogP contribution is -2.01. The Balaban J connectivity index is 1.71. The summed E-state index contributed by atoms with van der Waals surface area (Å²) in [4.78, 5) is 0. The van der Waals surface area contributed by atoms with Crippen molar-refractivity contribution in [3.8, 4) is 0 Å². The van der Waals surface area contributed by atoms with Crippen LogP contribution in [0.3, 0.4) is 0 Å². The molecule has 0 aliphatic rings. The third-order valence-electron chi connectivity index (χ3n) is 2.88. The molecule has 1 aromatic heterocycles. The Hall–Kier alpha value is -1.58. The lowest BCUT2D eigenvalue weighted by atomic mass is 10.1. The van der Waals surface area contributed by atoms with Crippen molar-refractivity contribution < 1.29 is 0 Å². The Labute approximate surface area is 120 Å². The number of thiophene rings is 1. The van der Waals surface area contributed by atoms with Gasteiger partial charge in [-0.05, 0) is 23.1 Å². The molecule has 2 aromatic carbocycles. The zero-order valence-electron chi connectivity index (χ0n) is 10.3. The average molecular weight is 283 g/mol. The highest BCUT2D eigenvalue weighted by atomic mass is 32.2. The van der Waals surface area contributed by atoms with Crippen molar-refractivity contribution in [3.05, 3.63) is 66.2 Å². The second-order valence-corrected chi connectivity index (χ2v) is 6.60. The molecule has 1 nitrogen and oxygen atoms in total. The number of hydrogen-bond donors (Lipinski definition) is 1. The van der Waals surface area contributed by atoms with Gasteiger partial charge in [0, 0.05) is 16.2 Å². The van der Waals surface area contributed by atoms with E-state index in [1.165, 1.54) is 14.3 Å². The summed E-state index contributed by atoms with van der Waals surface area (Å²) >= 11 is 3.54. The van der Waals surface area contributed by atoms with Gasteiger partial charge in [-0.1, -0.05) is 48.5 Å². The van der Waals surface area contributed by atoms with Crippen LogP contribution in [-0.4, -0.2) is 11.5 Å². The van der Waals surface area contributed by atoms with Crippen LogP contribution in [0.1, 0.15) is 5.56 Å². The molecular formula is C16H13NS2. The molecule has 1 heterocycles. The van der Waals surface area contributed by atoms with E-state index in [0.29, 0.717) is 5.71 Å². The highest BCUT2D eigenvalue weighted by Gasteiger charge is 2.05. The summed E-state index contributed by atoms with van der Waals surface area (Å²) in [7, 11) is 0. The van der Waals surface area contributed by atoms with Crippen LogP contribution in [0.4, 0.5) is 0 Å². The minimum atomic E-state index is 0.683. The van der Waals surface area contributed by atoms with Crippen molar-refractivity contribution in [3.63, 3.8) is 0 Å². The molecule has 0 atom stereocenters. The van der Waals surface area contributed by atoms with Crippen LogP contribution in [0.5, 0.6) is 0 Å². The van der Waals surface area contributed by atoms with Crippen LogP contribution in [0, 0.1) is 5.41 Å². The molecule has 0 aliphatic carbocycles. The molecule has 0 amide bonds. The molecule has 0 saturated carbocycles. The first-order valence-electron chi connectivity index (χ1n) is 6.07. The second kappa shape index (κ2) is 5.59. The molecule has 0 aliphatic heterocycles. The molecule has 3 heteroatoms. The van der Waals surface area contributed by atoms with Crippen molar-refractivity contribution in [2.24, 2.45) is 0 Å². The van der Waals surface area contributed by atoms with E-state index in [-0.39, 0.29) is 0 Å². The Kier molecular flexibility index (Phi) is 3.67. The van der Waals surface area contributed by atoms with Crippen molar-refractivity contribution >= 4 is 38.9 Å². The number of hydrogen-bond acceptors (Lipinski definition) is 3. The maximum atomic E-state index is 8.10. The van der Waals surface area contributed by atoms with Crippen molar-refractivity contribution in [1.29, 1.82) is 5.41 Å². The summed E-state index contributed by atoms with van der Waals surface area (Å²) in [6, 6.07) is 20.6. The second-order valence-electron chi connectivity index (χ2n) is 4.24. The van der Waals surface area contributed by atoms with E-state index >= 15 is 0 Å². The van der Waals surface area contributed by atoms with Crippen molar-refractivity contribution in [1.82, 2.24) is 0 Å². The van der Waals surface area contributed by atoms with Gasteiger partial charge in [-0.2, -0.15) is 0 Å². The van der Waals surface area contributed by atoms with Gasteiger partial charge < -0.3 is 5.41 Å². The molecule has 19 heavy (non-hydrogen) atoms. The maximum absolute atomic E-state index is 8.10. The zero-order valence-corrected chi connectivity index (χ0v) is 11.9. The van der Waals surface area contributed by atoms with Crippen LogP contribution in [0.2, 0.25) is 0 Å². The Morgan fingerprint density at radius 3 is 2.53 bits per heavy atom. The van der Waals surface area contributed by atoms with E-state index in [1.54, 1.807) is 23.1 Å². The Bertz CT molecular complexity index is 668. The first-order chi connectivity index (χ1) is 9.33.